The molecule has 2 heteroatoms. The van der Waals surface area contributed by atoms with Gasteiger partial charge in [-0.3, -0.25) is 4.79 Å². The quantitative estimate of drug-likeness (QED) is 0.658. The van der Waals surface area contributed by atoms with Crippen LogP contribution in [0.2, 0.25) is 0 Å². The molecule has 0 aliphatic heterocycles. The van der Waals surface area contributed by atoms with Crippen molar-refractivity contribution < 1.29 is 4.79 Å². The van der Waals surface area contributed by atoms with E-state index in [0.717, 1.165) is 18.4 Å². The Labute approximate surface area is 85.9 Å². The number of hydrogen-bond acceptors (Lipinski definition) is 1. The van der Waals surface area contributed by atoms with Gasteiger partial charge in [0.1, 0.15) is 0 Å². The van der Waals surface area contributed by atoms with Crippen molar-refractivity contribution in [2.45, 2.75) is 46.1 Å². The lowest BCUT2D eigenvalue weighted by Gasteiger charge is -2.14. The van der Waals surface area contributed by atoms with Gasteiger partial charge >= 0.3 is 0 Å². The third kappa shape index (κ3) is 2.25. The molecule has 0 spiro atoms. The SMILES string of the molecule is CCCCc1ccc(C=O)n1C(C)C. The summed E-state index contributed by atoms with van der Waals surface area (Å²) in [5, 5.41) is 0. The van der Waals surface area contributed by atoms with Gasteiger partial charge in [-0.2, -0.15) is 0 Å². The van der Waals surface area contributed by atoms with Crippen molar-refractivity contribution in [1.82, 2.24) is 4.57 Å². The van der Waals surface area contributed by atoms with Crippen molar-refractivity contribution >= 4 is 6.29 Å². The predicted molar refractivity (Wildman–Crippen MR) is 58.8 cm³/mol. The summed E-state index contributed by atoms with van der Waals surface area (Å²) >= 11 is 0. The number of unbranched alkanes of at least 4 members (excludes halogenated alkanes) is 1. The van der Waals surface area contributed by atoms with Gasteiger partial charge in [-0.05, 0) is 38.8 Å². The van der Waals surface area contributed by atoms with Crippen molar-refractivity contribution in [2.75, 3.05) is 0 Å². The molecule has 0 bridgehead atoms. The van der Waals surface area contributed by atoms with Crippen LogP contribution in [0.15, 0.2) is 12.1 Å². The number of carbonyl (C=O) groups excluding carboxylic acids is 1. The van der Waals surface area contributed by atoms with Crippen LogP contribution in [-0.2, 0) is 6.42 Å². The summed E-state index contributed by atoms with van der Waals surface area (Å²) in [4.78, 5) is 10.8. The molecule has 0 fully saturated rings. The standard InChI is InChI=1S/C12H19NO/c1-4-5-6-11-7-8-12(9-14)13(11)10(2)3/h7-10H,4-6H2,1-3H3. The molecule has 0 aliphatic carbocycles. The van der Waals surface area contributed by atoms with Crippen LogP contribution in [0.3, 0.4) is 0 Å². The summed E-state index contributed by atoms with van der Waals surface area (Å²) in [6.45, 7) is 6.41. The molecular formula is C12H19NO. The van der Waals surface area contributed by atoms with Gasteiger partial charge in [0.2, 0.25) is 0 Å². The number of aromatic nitrogens is 1. The third-order valence-corrected chi connectivity index (χ3v) is 2.46. The Morgan fingerprint density at radius 1 is 1.43 bits per heavy atom. The van der Waals surface area contributed by atoms with E-state index < -0.39 is 0 Å². The number of nitrogens with zero attached hydrogens (tertiary/aromatic N) is 1. The molecule has 1 aromatic heterocycles. The Morgan fingerprint density at radius 2 is 2.14 bits per heavy atom. The van der Waals surface area contributed by atoms with Gasteiger partial charge in [0, 0.05) is 11.7 Å². The monoisotopic (exact) mass is 193 g/mol. The van der Waals surface area contributed by atoms with Crippen LogP contribution in [0.25, 0.3) is 0 Å². The summed E-state index contributed by atoms with van der Waals surface area (Å²) in [6.07, 6.45) is 4.40. The first-order chi connectivity index (χ1) is 6.70. The summed E-state index contributed by atoms with van der Waals surface area (Å²) in [7, 11) is 0. The van der Waals surface area contributed by atoms with E-state index in [0.29, 0.717) is 6.04 Å². The van der Waals surface area contributed by atoms with E-state index in [1.165, 1.54) is 18.5 Å². The van der Waals surface area contributed by atoms with Crippen LogP contribution < -0.4 is 0 Å². The molecule has 0 amide bonds. The first-order valence-electron chi connectivity index (χ1n) is 5.36. The Kier molecular flexibility index (Phi) is 3.93. The molecule has 14 heavy (non-hydrogen) atoms. The zero-order valence-electron chi connectivity index (χ0n) is 9.29. The number of aryl methyl sites for hydroxylation is 1. The second-order valence-corrected chi connectivity index (χ2v) is 3.93. The maximum atomic E-state index is 10.8. The van der Waals surface area contributed by atoms with E-state index in [1.54, 1.807) is 0 Å². The molecule has 2 nitrogen and oxygen atoms in total. The molecule has 0 saturated carbocycles. The lowest BCUT2D eigenvalue weighted by atomic mass is 10.2. The Hall–Kier alpha value is -1.05. The molecule has 1 rings (SSSR count). The van der Waals surface area contributed by atoms with Crippen LogP contribution in [-0.4, -0.2) is 10.9 Å². The van der Waals surface area contributed by atoms with E-state index in [-0.39, 0.29) is 0 Å². The zero-order chi connectivity index (χ0) is 10.6. The van der Waals surface area contributed by atoms with Gasteiger partial charge in [0.05, 0.1) is 5.69 Å². The van der Waals surface area contributed by atoms with Gasteiger partial charge in [-0.25, -0.2) is 0 Å². The predicted octanol–water partition coefficient (Wildman–Crippen LogP) is 3.22. The van der Waals surface area contributed by atoms with Gasteiger partial charge < -0.3 is 4.57 Å². The van der Waals surface area contributed by atoms with Crippen LogP contribution in [0.5, 0.6) is 0 Å². The molecule has 0 radical (unpaired) electrons. The second-order valence-electron chi connectivity index (χ2n) is 3.93. The molecule has 1 heterocycles. The van der Waals surface area contributed by atoms with Crippen LogP contribution >= 0.6 is 0 Å². The molecule has 0 aliphatic rings. The molecule has 0 aromatic carbocycles. The molecule has 0 atom stereocenters. The molecular weight excluding hydrogens is 174 g/mol. The van der Waals surface area contributed by atoms with Crippen molar-refractivity contribution in [3.63, 3.8) is 0 Å². The van der Waals surface area contributed by atoms with Crippen molar-refractivity contribution in [1.29, 1.82) is 0 Å². The third-order valence-electron chi connectivity index (χ3n) is 2.46. The van der Waals surface area contributed by atoms with E-state index in [9.17, 15) is 4.79 Å². The maximum absolute atomic E-state index is 10.8. The molecule has 1 aromatic rings. The van der Waals surface area contributed by atoms with Crippen LogP contribution in [0.4, 0.5) is 0 Å². The fourth-order valence-corrected chi connectivity index (χ4v) is 1.80. The maximum Gasteiger partial charge on any atom is 0.166 e. The van der Waals surface area contributed by atoms with E-state index in [2.05, 4.69) is 31.4 Å². The van der Waals surface area contributed by atoms with Crippen LogP contribution in [0, 0.1) is 0 Å². The van der Waals surface area contributed by atoms with Crippen molar-refractivity contribution in [3.8, 4) is 0 Å². The first kappa shape index (κ1) is 11.0. The normalized spacial score (nSPS) is 10.9. The summed E-state index contributed by atoms with van der Waals surface area (Å²) in [6, 6.07) is 4.36. The number of carbonyl (C=O) groups is 1. The zero-order valence-corrected chi connectivity index (χ0v) is 9.29. The van der Waals surface area contributed by atoms with Crippen molar-refractivity contribution in [3.05, 3.63) is 23.5 Å². The van der Waals surface area contributed by atoms with Gasteiger partial charge in [-0.15, -0.1) is 0 Å². The fourth-order valence-electron chi connectivity index (χ4n) is 1.80. The first-order valence-corrected chi connectivity index (χ1v) is 5.36. The minimum absolute atomic E-state index is 0.372. The number of rotatable bonds is 5. The van der Waals surface area contributed by atoms with E-state index in [4.69, 9.17) is 0 Å². The van der Waals surface area contributed by atoms with Gasteiger partial charge in [0.25, 0.3) is 0 Å². The fraction of sp³-hybridized carbons (Fsp3) is 0.583. The Bertz CT molecular complexity index is 299. The minimum Gasteiger partial charge on any atom is -0.340 e. The average Bonchev–Trinajstić information content (AvgIpc) is 2.57. The summed E-state index contributed by atoms with van der Waals surface area (Å²) in [5.41, 5.74) is 2.08. The summed E-state index contributed by atoms with van der Waals surface area (Å²) < 4.78 is 2.13. The highest BCUT2D eigenvalue weighted by atomic mass is 16.1. The molecule has 78 valence electrons. The molecule has 0 saturated heterocycles. The Balaban J connectivity index is 2.92. The molecule has 0 N–H and O–H groups in total. The lowest BCUT2D eigenvalue weighted by Crippen LogP contribution is -2.08. The largest absolute Gasteiger partial charge is 0.340 e. The Morgan fingerprint density at radius 3 is 2.64 bits per heavy atom. The average molecular weight is 193 g/mol. The lowest BCUT2D eigenvalue weighted by molar-refractivity contribution is 0.111. The minimum atomic E-state index is 0.372. The van der Waals surface area contributed by atoms with Crippen molar-refractivity contribution in [2.24, 2.45) is 0 Å². The highest BCUT2D eigenvalue weighted by Gasteiger charge is 2.09. The number of hydrogen-bond donors (Lipinski definition) is 0. The highest BCUT2D eigenvalue weighted by Crippen LogP contribution is 2.16. The number of aldehydes is 1. The molecule has 0 unspecified atom stereocenters. The van der Waals surface area contributed by atoms with E-state index >= 15 is 0 Å². The highest BCUT2D eigenvalue weighted by molar-refractivity contribution is 5.72. The van der Waals surface area contributed by atoms with Crippen LogP contribution in [0.1, 0.15) is 55.8 Å². The van der Waals surface area contributed by atoms with E-state index in [1.807, 2.05) is 6.07 Å². The van der Waals surface area contributed by atoms with Gasteiger partial charge in [-0.1, -0.05) is 13.3 Å². The topological polar surface area (TPSA) is 22.0 Å². The van der Waals surface area contributed by atoms with Gasteiger partial charge in [0.15, 0.2) is 6.29 Å². The summed E-state index contributed by atoms with van der Waals surface area (Å²) in [5.74, 6) is 0. The second kappa shape index (κ2) is 4.99. The smallest absolute Gasteiger partial charge is 0.166 e.